The van der Waals surface area contributed by atoms with Crippen molar-refractivity contribution in [3.8, 4) is 0 Å². The van der Waals surface area contributed by atoms with E-state index in [0.29, 0.717) is 11.1 Å². The first-order valence-electron chi connectivity index (χ1n) is 13.1. The van der Waals surface area contributed by atoms with Gasteiger partial charge in [-0.1, -0.05) is 72.8 Å². The maximum Gasteiger partial charge on any atom is 0.326 e. The summed E-state index contributed by atoms with van der Waals surface area (Å²) in [5.74, 6) is -3.12. The van der Waals surface area contributed by atoms with Crippen molar-refractivity contribution in [1.82, 2.24) is 5.32 Å². The molecule has 3 aromatic carbocycles. The van der Waals surface area contributed by atoms with Crippen LogP contribution in [0.4, 0.5) is 0 Å². The lowest BCUT2D eigenvalue weighted by molar-refractivity contribution is -0.188. The lowest BCUT2D eigenvalue weighted by atomic mass is 9.66. The van der Waals surface area contributed by atoms with E-state index in [-0.39, 0.29) is 0 Å². The average Bonchev–Trinajstić information content (AvgIpc) is 3.23. The van der Waals surface area contributed by atoms with E-state index in [1.165, 1.54) is 7.11 Å². The standard InChI is InChI=1S/C32H37NO6/c1-30(2,3)38-28(35)32(29(36)39-31(4,5)6)24(21-15-9-8-10-16-21)25(27(34)37-7)33-26(32)23-19-13-17-20-14-11-12-18-22(20)23/h8-19,24-26,33H,1-7H3/t24-,25+,26+/m0/s1. The first kappa shape index (κ1) is 28.3. The largest absolute Gasteiger partial charge is 0.468 e. The van der Waals surface area contributed by atoms with Gasteiger partial charge in [-0.25, -0.2) is 0 Å². The van der Waals surface area contributed by atoms with Crippen LogP contribution in [-0.2, 0) is 28.6 Å². The second-order valence-corrected chi connectivity index (χ2v) is 11.9. The lowest BCUT2D eigenvalue weighted by Crippen LogP contribution is -2.52. The Labute approximate surface area is 229 Å². The highest BCUT2D eigenvalue weighted by atomic mass is 16.6. The monoisotopic (exact) mass is 531 g/mol. The van der Waals surface area contributed by atoms with Crippen molar-refractivity contribution in [3.63, 3.8) is 0 Å². The predicted octanol–water partition coefficient (Wildman–Crippen LogP) is 5.48. The van der Waals surface area contributed by atoms with E-state index in [1.54, 1.807) is 53.7 Å². The molecule has 0 aromatic heterocycles. The Hall–Kier alpha value is -3.71. The van der Waals surface area contributed by atoms with Crippen LogP contribution >= 0.6 is 0 Å². The summed E-state index contributed by atoms with van der Waals surface area (Å²) in [4.78, 5) is 42.5. The summed E-state index contributed by atoms with van der Waals surface area (Å²) < 4.78 is 17.2. The molecule has 0 bridgehead atoms. The summed E-state index contributed by atoms with van der Waals surface area (Å²) in [6.45, 7) is 10.5. The molecule has 1 heterocycles. The van der Waals surface area contributed by atoms with Gasteiger partial charge in [0.25, 0.3) is 0 Å². The summed E-state index contributed by atoms with van der Waals surface area (Å²) >= 11 is 0. The van der Waals surface area contributed by atoms with Gasteiger partial charge >= 0.3 is 17.9 Å². The Balaban J connectivity index is 2.11. The molecule has 7 heteroatoms. The van der Waals surface area contributed by atoms with Crippen LogP contribution in [0.15, 0.2) is 72.8 Å². The SMILES string of the molecule is COC(=O)[C@@H]1N[C@H](c2cccc3ccccc23)C(C(=O)OC(C)(C)C)(C(=O)OC(C)(C)C)[C@H]1c1ccccc1. The fraction of sp³-hybridized carbons (Fsp3) is 0.406. The zero-order valence-corrected chi connectivity index (χ0v) is 23.6. The second kappa shape index (κ2) is 10.5. The predicted molar refractivity (Wildman–Crippen MR) is 149 cm³/mol. The van der Waals surface area contributed by atoms with E-state index in [4.69, 9.17) is 14.2 Å². The van der Waals surface area contributed by atoms with Crippen molar-refractivity contribution in [2.75, 3.05) is 7.11 Å². The van der Waals surface area contributed by atoms with Gasteiger partial charge in [-0.2, -0.15) is 0 Å². The molecule has 1 saturated heterocycles. The number of benzene rings is 3. The van der Waals surface area contributed by atoms with Crippen molar-refractivity contribution in [3.05, 3.63) is 83.9 Å². The van der Waals surface area contributed by atoms with Crippen LogP contribution in [-0.4, -0.2) is 42.3 Å². The molecule has 0 amide bonds. The van der Waals surface area contributed by atoms with Gasteiger partial charge < -0.3 is 14.2 Å². The molecule has 0 radical (unpaired) electrons. The number of nitrogens with one attached hydrogen (secondary N) is 1. The third-order valence-corrected chi connectivity index (χ3v) is 6.85. The molecule has 3 atom stereocenters. The highest BCUT2D eigenvalue weighted by Crippen LogP contribution is 2.56. The van der Waals surface area contributed by atoms with E-state index in [9.17, 15) is 14.4 Å². The number of methoxy groups -OCH3 is 1. The van der Waals surface area contributed by atoms with Crippen LogP contribution in [0.5, 0.6) is 0 Å². The number of hydrogen-bond donors (Lipinski definition) is 1. The topological polar surface area (TPSA) is 90.9 Å². The van der Waals surface area contributed by atoms with Gasteiger partial charge in [-0.05, 0) is 63.4 Å². The Morgan fingerprint density at radius 1 is 0.744 bits per heavy atom. The van der Waals surface area contributed by atoms with Gasteiger partial charge in [0.05, 0.1) is 13.2 Å². The first-order valence-corrected chi connectivity index (χ1v) is 13.1. The molecule has 1 fully saturated rings. The molecule has 0 saturated carbocycles. The number of hydrogen-bond acceptors (Lipinski definition) is 7. The molecule has 39 heavy (non-hydrogen) atoms. The van der Waals surface area contributed by atoms with Crippen LogP contribution in [0.25, 0.3) is 10.8 Å². The minimum absolute atomic E-state index is 0.594. The number of esters is 3. The minimum Gasteiger partial charge on any atom is -0.468 e. The molecule has 4 rings (SSSR count). The van der Waals surface area contributed by atoms with Crippen LogP contribution in [0.3, 0.4) is 0 Å². The molecule has 7 nitrogen and oxygen atoms in total. The fourth-order valence-corrected chi connectivity index (χ4v) is 5.43. The number of fused-ring (bicyclic) bond motifs is 1. The van der Waals surface area contributed by atoms with Crippen molar-refractivity contribution >= 4 is 28.7 Å². The van der Waals surface area contributed by atoms with Gasteiger partial charge in [0, 0.05) is 5.92 Å². The van der Waals surface area contributed by atoms with Crippen molar-refractivity contribution in [2.24, 2.45) is 5.41 Å². The molecular formula is C32H37NO6. The molecule has 0 unspecified atom stereocenters. The van der Waals surface area contributed by atoms with E-state index >= 15 is 0 Å². The highest BCUT2D eigenvalue weighted by Gasteiger charge is 2.70. The summed E-state index contributed by atoms with van der Waals surface area (Å²) in [7, 11) is 1.29. The molecule has 206 valence electrons. The Morgan fingerprint density at radius 3 is 1.85 bits per heavy atom. The highest BCUT2D eigenvalue weighted by molar-refractivity contribution is 6.05. The molecule has 3 aromatic rings. The van der Waals surface area contributed by atoms with E-state index < -0.39 is 52.5 Å². The normalized spacial score (nSPS) is 20.8. The second-order valence-electron chi connectivity index (χ2n) is 11.9. The van der Waals surface area contributed by atoms with Crippen molar-refractivity contribution in [1.29, 1.82) is 0 Å². The minimum atomic E-state index is -1.97. The van der Waals surface area contributed by atoms with E-state index in [2.05, 4.69) is 5.32 Å². The van der Waals surface area contributed by atoms with Gasteiger partial charge in [-0.3, -0.25) is 19.7 Å². The Bertz CT molecular complexity index is 1340. The molecule has 1 aliphatic heterocycles. The van der Waals surface area contributed by atoms with E-state index in [1.807, 2.05) is 60.7 Å². The number of carbonyl (C=O) groups excluding carboxylic acids is 3. The third kappa shape index (κ3) is 5.41. The molecule has 0 spiro atoms. The molecule has 0 aliphatic carbocycles. The van der Waals surface area contributed by atoms with Gasteiger partial charge in [0.1, 0.15) is 17.2 Å². The Kier molecular flexibility index (Phi) is 7.59. The van der Waals surface area contributed by atoms with Gasteiger partial charge in [0.2, 0.25) is 0 Å². The van der Waals surface area contributed by atoms with Crippen LogP contribution < -0.4 is 5.32 Å². The number of rotatable bonds is 5. The summed E-state index contributed by atoms with van der Waals surface area (Å²) in [5.41, 5.74) is -2.51. The van der Waals surface area contributed by atoms with Crippen molar-refractivity contribution < 1.29 is 28.6 Å². The van der Waals surface area contributed by atoms with Crippen LogP contribution in [0.2, 0.25) is 0 Å². The smallest absolute Gasteiger partial charge is 0.326 e. The quantitative estimate of drug-likeness (QED) is 0.265. The average molecular weight is 532 g/mol. The maximum absolute atomic E-state index is 14.6. The van der Waals surface area contributed by atoms with Gasteiger partial charge in [0.15, 0.2) is 5.41 Å². The summed E-state index contributed by atoms with van der Waals surface area (Å²) in [6.07, 6.45) is 0. The zero-order chi connectivity index (χ0) is 28.6. The molecular weight excluding hydrogens is 494 g/mol. The molecule has 1 aliphatic rings. The fourth-order valence-electron chi connectivity index (χ4n) is 5.43. The number of ether oxygens (including phenoxy) is 3. The Morgan fingerprint density at radius 2 is 1.28 bits per heavy atom. The lowest BCUT2D eigenvalue weighted by Gasteiger charge is -2.39. The van der Waals surface area contributed by atoms with Gasteiger partial charge in [-0.15, -0.1) is 0 Å². The van der Waals surface area contributed by atoms with Crippen LogP contribution in [0.1, 0.15) is 64.6 Å². The van der Waals surface area contributed by atoms with Crippen molar-refractivity contribution in [2.45, 2.75) is 70.7 Å². The number of carbonyl (C=O) groups is 3. The summed E-state index contributed by atoms with van der Waals surface area (Å²) in [6, 6.07) is 20.5. The maximum atomic E-state index is 14.6. The zero-order valence-electron chi connectivity index (χ0n) is 23.6. The molecule has 1 N–H and O–H groups in total. The first-order chi connectivity index (χ1) is 18.3. The summed E-state index contributed by atoms with van der Waals surface area (Å²) in [5, 5.41) is 5.11. The third-order valence-electron chi connectivity index (χ3n) is 6.85. The van der Waals surface area contributed by atoms with Crippen LogP contribution in [0, 0.1) is 5.41 Å². The van der Waals surface area contributed by atoms with E-state index in [0.717, 1.165) is 10.8 Å².